The molecule has 0 amide bonds. The SMILES string of the molecule is CC(C)c1ccc(C(=O)[O-])c(C(=O)[O-])c1C(=O)[O-].[Na+].[Na+].[Na+]. The van der Waals surface area contributed by atoms with Crippen molar-refractivity contribution in [1.82, 2.24) is 0 Å². The molecule has 0 saturated carbocycles. The van der Waals surface area contributed by atoms with Gasteiger partial charge in [-0.1, -0.05) is 26.0 Å². The molecule has 9 heteroatoms. The number of hydrogen-bond donors (Lipinski definition) is 0. The standard InChI is InChI=1S/C12H12O6.3Na/c1-5(2)6-3-4-7(10(13)14)9(12(17)18)8(6)11(15)16;;;/h3-5H,1-2H3,(H,13,14)(H,15,16)(H,17,18);;;/q;3*+1/p-3. The third-order valence-corrected chi connectivity index (χ3v) is 2.49. The van der Waals surface area contributed by atoms with Crippen molar-refractivity contribution in [2.75, 3.05) is 0 Å². The van der Waals surface area contributed by atoms with Gasteiger partial charge in [-0.25, -0.2) is 0 Å². The van der Waals surface area contributed by atoms with Crippen LogP contribution in [-0.4, -0.2) is 17.9 Å². The summed E-state index contributed by atoms with van der Waals surface area (Å²) in [6.07, 6.45) is 0. The van der Waals surface area contributed by atoms with Crippen LogP contribution in [0, 0.1) is 0 Å². The minimum Gasteiger partial charge on any atom is -0.545 e. The molecule has 0 aliphatic rings. The number of carbonyl (C=O) groups excluding carboxylic acids is 3. The average molecular weight is 318 g/mol. The quantitative estimate of drug-likeness (QED) is 0.508. The fraction of sp³-hybridized carbons (Fsp3) is 0.250. The molecule has 0 aliphatic heterocycles. The molecule has 0 bridgehead atoms. The summed E-state index contributed by atoms with van der Waals surface area (Å²) in [5.74, 6) is -5.75. The first-order valence-corrected chi connectivity index (χ1v) is 5.08. The fourth-order valence-electron chi connectivity index (χ4n) is 1.70. The van der Waals surface area contributed by atoms with Crippen LogP contribution in [0.3, 0.4) is 0 Å². The van der Waals surface area contributed by atoms with Crippen LogP contribution in [0.2, 0.25) is 0 Å². The van der Waals surface area contributed by atoms with E-state index < -0.39 is 34.6 Å². The summed E-state index contributed by atoms with van der Waals surface area (Å²) in [6, 6.07) is 2.22. The van der Waals surface area contributed by atoms with Crippen LogP contribution < -0.4 is 104 Å². The summed E-state index contributed by atoms with van der Waals surface area (Å²) in [5, 5.41) is 32.7. The number of benzene rings is 1. The van der Waals surface area contributed by atoms with Crippen molar-refractivity contribution in [3.63, 3.8) is 0 Å². The van der Waals surface area contributed by atoms with E-state index in [9.17, 15) is 29.7 Å². The van der Waals surface area contributed by atoms with Gasteiger partial charge in [0.15, 0.2) is 0 Å². The smallest absolute Gasteiger partial charge is 0.545 e. The van der Waals surface area contributed by atoms with Gasteiger partial charge in [0.25, 0.3) is 0 Å². The summed E-state index contributed by atoms with van der Waals surface area (Å²) >= 11 is 0. The van der Waals surface area contributed by atoms with Crippen LogP contribution in [0.1, 0.15) is 56.4 Å². The number of carboxylic acids is 3. The van der Waals surface area contributed by atoms with Crippen molar-refractivity contribution in [3.8, 4) is 0 Å². The predicted molar refractivity (Wildman–Crippen MR) is 53.5 cm³/mol. The number of carboxylic acid groups (broad SMARTS) is 3. The van der Waals surface area contributed by atoms with Crippen LogP contribution in [0.25, 0.3) is 0 Å². The topological polar surface area (TPSA) is 120 Å². The van der Waals surface area contributed by atoms with Crippen LogP contribution >= 0.6 is 0 Å². The zero-order chi connectivity index (χ0) is 14.0. The summed E-state index contributed by atoms with van der Waals surface area (Å²) in [7, 11) is 0. The molecule has 0 radical (unpaired) electrons. The maximum absolute atomic E-state index is 11.0. The Kier molecular flexibility index (Phi) is 14.2. The van der Waals surface area contributed by atoms with Crippen LogP contribution in [0.5, 0.6) is 0 Å². The van der Waals surface area contributed by atoms with Crippen molar-refractivity contribution in [1.29, 1.82) is 0 Å². The predicted octanol–water partition coefficient (Wildman–Crippen LogP) is -11.1. The molecule has 21 heavy (non-hydrogen) atoms. The third kappa shape index (κ3) is 6.33. The molecule has 0 heterocycles. The van der Waals surface area contributed by atoms with Crippen molar-refractivity contribution in [2.24, 2.45) is 0 Å². The Bertz CT molecular complexity index is 542. The first kappa shape index (κ1) is 26.5. The summed E-state index contributed by atoms with van der Waals surface area (Å²) in [5.41, 5.74) is -2.16. The number of aromatic carboxylic acids is 3. The Morgan fingerprint density at radius 1 is 0.810 bits per heavy atom. The zero-order valence-corrected chi connectivity index (χ0v) is 18.7. The zero-order valence-electron chi connectivity index (χ0n) is 12.7. The van der Waals surface area contributed by atoms with Gasteiger partial charge < -0.3 is 29.7 Å². The molecule has 1 aromatic carbocycles. The van der Waals surface area contributed by atoms with Crippen molar-refractivity contribution in [2.45, 2.75) is 19.8 Å². The second-order valence-corrected chi connectivity index (χ2v) is 3.97. The Labute approximate surface area is 188 Å². The van der Waals surface area contributed by atoms with Crippen molar-refractivity contribution < 1.29 is 118 Å². The Hall–Kier alpha value is 0.630. The third-order valence-electron chi connectivity index (χ3n) is 2.49. The largest absolute Gasteiger partial charge is 1.00 e. The van der Waals surface area contributed by atoms with Gasteiger partial charge in [0.2, 0.25) is 0 Å². The summed E-state index contributed by atoms with van der Waals surface area (Å²) in [6.45, 7) is 3.28. The molecule has 0 fully saturated rings. The minimum absolute atomic E-state index is 0. The molecule has 0 aliphatic carbocycles. The fourth-order valence-corrected chi connectivity index (χ4v) is 1.70. The Balaban J connectivity index is -0.00000108. The van der Waals surface area contributed by atoms with E-state index in [-0.39, 0.29) is 100 Å². The maximum atomic E-state index is 11.0. The molecule has 0 spiro atoms. The molecular formula is C12H9Na3O6. The van der Waals surface area contributed by atoms with Crippen LogP contribution in [0.15, 0.2) is 12.1 Å². The molecular weight excluding hydrogens is 309 g/mol. The van der Waals surface area contributed by atoms with Gasteiger partial charge in [-0.15, -0.1) is 0 Å². The monoisotopic (exact) mass is 318 g/mol. The van der Waals surface area contributed by atoms with Crippen molar-refractivity contribution in [3.05, 3.63) is 34.4 Å². The van der Waals surface area contributed by atoms with Crippen LogP contribution in [0.4, 0.5) is 0 Å². The van der Waals surface area contributed by atoms with Gasteiger partial charge in [0.1, 0.15) is 0 Å². The van der Waals surface area contributed by atoms with Gasteiger partial charge in [-0.2, -0.15) is 0 Å². The molecule has 1 rings (SSSR count). The summed E-state index contributed by atoms with van der Waals surface area (Å²) in [4.78, 5) is 32.7. The van der Waals surface area contributed by atoms with Gasteiger partial charge in [-0.05, 0) is 11.5 Å². The summed E-state index contributed by atoms with van der Waals surface area (Å²) < 4.78 is 0. The van der Waals surface area contributed by atoms with Gasteiger partial charge in [0, 0.05) is 16.7 Å². The minimum atomic E-state index is -1.89. The van der Waals surface area contributed by atoms with Crippen LogP contribution in [-0.2, 0) is 0 Å². The normalized spacial score (nSPS) is 8.90. The molecule has 0 atom stereocenters. The Morgan fingerprint density at radius 2 is 1.24 bits per heavy atom. The van der Waals surface area contributed by atoms with E-state index in [1.54, 1.807) is 13.8 Å². The molecule has 0 saturated heterocycles. The van der Waals surface area contributed by atoms with E-state index in [0.29, 0.717) is 0 Å². The molecule has 6 nitrogen and oxygen atoms in total. The van der Waals surface area contributed by atoms with E-state index in [0.717, 1.165) is 6.07 Å². The number of carbonyl (C=O) groups is 3. The van der Waals surface area contributed by atoms with Gasteiger partial charge in [0.05, 0.1) is 17.9 Å². The van der Waals surface area contributed by atoms with Gasteiger partial charge in [-0.3, -0.25) is 0 Å². The number of rotatable bonds is 4. The number of hydrogen-bond acceptors (Lipinski definition) is 6. The average Bonchev–Trinajstić information content (AvgIpc) is 2.26. The maximum Gasteiger partial charge on any atom is 1.00 e. The van der Waals surface area contributed by atoms with E-state index in [1.165, 1.54) is 6.07 Å². The molecule has 0 aromatic heterocycles. The Morgan fingerprint density at radius 3 is 1.52 bits per heavy atom. The van der Waals surface area contributed by atoms with E-state index in [2.05, 4.69) is 0 Å². The molecule has 1 aromatic rings. The van der Waals surface area contributed by atoms with Gasteiger partial charge >= 0.3 is 88.7 Å². The second-order valence-electron chi connectivity index (χ2n) is 3.97. The molecule has 96 valence electrons. The van der Waals surface area contributed by atoms with E-state index >= 15 is 0 Å². The molecule has 0 unspecified atom stereocenters. The second kappa shape index (κ2) is 11.2. The first-order chi connectivity index (χ1) is 8.27. The van der Waals surface area contributed by atoms with E-state index in [4.69, 9.17) is 0 Å². The van der Waals surface area contributed by atoms with Crippen molar-refractivity contribution >= 4 is 17.9 Å². The first-order valence-electron chi connectivity index (χ1n) is 5.08. The molecule has 0 N–H and O–H groups in total. The van der Waals surface area contributed by atoms with E-state index in [1.807, 2.05) is 0 Å².